The molecule has 1 N–H and O–H groups in total. The first kappa shape index (κ1) is 15.1. The summed E-state index contributed by atoms with van der Waals surface area (Å²) in [5.41, 5.74) is 1.34. The van der Waals surface area contributed by atoms with Crippen molar-refractivity contribution in [3.05, 3.63) is 30.1 Å². The van der Waals surface area contributed by atoms with Gasteiger partial charge in [-0.3, -0.25) is 4.98 Å². The maximum Gasteiger partial charge on any atom is 0.0587 e. The number of methoxy groups -OCH3 is 1. The predicted molar refractivity (Wildman–Crippen MR) is 75.8 cm³/mol. The monoisotopic (exact) mass is 250 g/mol. The van der Waals surface area contributed by atoms with Crippen LogP contribution in [0.15, 0.2) is 24.5 Å². The second-order valence-corrected chi connectivity index (χ2v) is 4.67. The molecule has 0 aromatic carbocycles. The smallest absolute Gasteiger partial charge is 0.0587 e. The largest absolute Gasteiger partial charge is 0.383 e. The maximum absolute atomic E-state index is 5.07. The minimum atomic E-state index is 0.547. The Balaban J connectivity index is 2.63. The van der Waals surface area contributed by atoms with Gasteiger partial charge in [0.15, 0.2) is 0 Å². The van der Waals surface area contributed by atoms with Crippen LogP contribution in [0.2, 0.25) is 0 Å². The van der Waals surface area contributed by atoms with E-state index in [1.54, 1.807) is 7.11 Å². The zero-order valence-electron chi connectivity index (χ0n) is 11.9. The van der Waals surface area contributed by atoms with Crippen LogP contribution in [0.3, 0.4) is 0 Å². The van der Waals surface area contributed by atoms with Gasteiger partial charge in [-0.05, 0) is 17.5 Å². The Labute approximate surface area is 111 Å². The molecule has 0 aliphatic heterocycles. The van der Waals surface area contributed by atoms with E-state index in [2.05, 4.69) is 30.2 Å². The van der Waals surface area contributed by atoms with Crippen LogP contribution < -0.4 is 5.32 Å². The molecule has 0 spiro atoms. The summed E-state index contributed by atoms with van der Waals surface area (Å²) in [6.07, 6.45) is 6.26. The van der Waals surface area contributed by atoms with Gasteiger partial charge in [-0.2, -0.15) is 0 Å². The number of nitrogens with one attached hydrogen (secondary N) is 1. The van der Waals surface area contributed by atoms with Crippen LogP contribution in [-0.2, 0) is 4.74 Å². The minimum absolute atomic E-state index is 0.547. The van der Waals surface area contributed by atoms with E-state index in [9.17, 15) is 0 Å². The van der Waals surface area contributed by atoms with E-state index in [1.807, 2.05) is 18.5 Å². The molecule has 0 aliphatic carbocycles. The number of hydrogen-bond acceptors (Lipinski definition) is 3. The molecule has 3 nitrogen and oxygen atoms in total. The molecular weight excluding hydrogens is 224 g/mol. The number of aromatic nitrogens is 1. The predicted octanol–water partition coefficient (Wildman–Crippen LogP) is 2.84. The lowest BCUT2D eigenvalue weighted by atomic mass is 9.83. The summed E-state index contributed by atoms with van der Waals surface area (Å²) in [5.74, 6) is 1.26. The van der Waals surface area contributed by atoms with Crippen LogP contribution in [0.25, 0.3) is 0 Å². The second-order valence-electron chi connectivity index (χ2n) is 4.67. The lowest BCUT2D eigenvalue weighted by Crippen LogP contribution is -2.29. The van der Waals surface area contributed by atoms with Crippen LogP contribution in [0.5, 0.6) is 0 Å². The van der Waals surface area contributed by atoms with E-state index in [1.165, 1.54) is 18.4 Å². The van der Waals surface area contributed by atoms with Crippen molar-refractivity contribution in [2.45, 2.75) is 32.6 Å². The van der Waals surface area contributed by atoms with Crippen LogP contribution in [0.4, 0.5) is 0 Å². The van der Waals surface area contributed by atoms with Gasteiger partial charge in [-0.1, -0.05) is 32.8 Å². The second kappa shape index (κ2) is 9.06. The summed E-state index contributed by atoms with van der Waals surface area (Å²) in [7, 11) is 1.74. The Morgan fingerprint density at radius 1 is 1.33 bits per heavy atom. The Morgan fingerprint density at radius 3 is 2.67 bits per heavy atom. The fraction of sp³-hybridized carbons (Fsp3) is 0.667. The van der Waals surface area contributed by atoms with Gasteiger partial charge >= 0.3 is 0 Å². The average Bonchev–Trinajstić information content (AvgIpc) is 2.43. The summed E-state index contributed by atoms with van der Waals surface area (Å²) >= 11 is 0. The summed E-state index contributed by atoms with van der Waals surface area (Å²) in [6.45, 7) is 7.22. The molecule has 102 valence electrons. The SMILES string of the molecule is CCC(CC)C(CNCCOC)c1cccnc1. The van der Waals surface area contributed by atoms with Crippen molar-refractivity contribution in [2.75, 3.05) is 26.8 Å². The maximum atomic E-state index is 5.07. The van der Waals surface area contributed by atoms with E-state index in [0.717, 1.165) is 19.7 Å². The fourth-order valence-electron chi connectivity index (χ4n) is 2.44. The van der Waals surface area contributed by atoms with Gasteiger partial charge in [-0.25, -0.2) is 0 Å². The molecular formula is C15H26N2O. The molecule has 1 aromatic rings. The molecule has 0 amide bonds. The molecule has 0 fully saturated rings. The summed E-state index contributed by atoms with van der Waals surface area (Å²) < 4.78 is 5.07. The van der Waals surface area contributed by atoms with Gasteiger partial charge in [0.25, 0.3) is 0 Å². The first-order valence-corrected chi connectivity index (χ1v) is 6.93. The van der Waals surface area contributed by atoms with Crippen molar-refractivity contribution in [3.8, 4) is 0 Å². The van der Waals surface area contributed by atoms with Gasteiger partial charge < -0.3 is 10.1 Å². The van der Waals surface area contributed by atoms with E-state index in [-0.39, 0.29) is 0 Å². The molecule has 0 saturated heterocycles. The van der Waals surface area contributed by atoms with Gasteiger partial charge in [0.05, 0.1) is 6.61 Å². The third kappa shape index (κ3) is 4.75. The van der Waals surface area contributed by atoms with E-state index < -0.39 is 0 Å². The van der Waals surface area contributed by atoms with Crippen molar-refractivity contribution < 1.29 is 4.74 Å². The van der Waals surface area contributed by atoms with Gasteiger partial charge in [0.2, 0.25) is 0 Å². The van der Waals surface area contributed by atoms with Crippen molar-refractivity contribution in [3.63, 3.8) is 0 Å². The summed E-state index contributed by atoms with van der Waals surface area (Å²) in [6, 6.07) is 4.22. The number of pyridine rings is 1. The highest BCUT2D eigenvalue weighted by molar-refractivity contribution is 5.16. The normalized spacial score (nSPS) is 12.9. The molecule has 18 heavy (non-hydrogen) atoms. The third-order valence-corrected chi connectivity index (χ3v) is 3.58. The molecule has 0 radical (unpaired) electrons. The van der Waals surface area contributed by atoms with Crippen LogP contribution in [0, 0.1) is 5.92 Å². The Morgan fingerprint density at radius 2 is 2.11 bits per heavy atom. The van der Waals surface area contributed by atoms with Crippen molar-refractivity contribution in [1.82, 2.24) is 10.3 Å². The number of hydrogen-bond donors (Lipinski definition) is 1. The highest BCUT2D eigenvalue weighted by atomic mass is 16.5. The highest BCUT2D eigenvalue weighted by Gasteiger charge is 2.20. The van der Waals surface area contributed by atoms with Crippen LogP contribution >= 0.6 is 0 Å². The quantitative estimate of drug-likeness (QED) is 0.684. The van der Waals surface area contributed by atoms with Gasteiger partial charge in [0, 0.05) is 38.5 Å². The Hall–Kier alpha value is -0.930. The number of rotatable bonds is 9. The Kier molecular flexibility index (Phi) is 7.62. The highest BCUT2D eigenvalue weighted by Crippen LogP contribution is 2.28. The zero-order valence-corrected chi connectivity index (χ0v) is 11.9. The van der Waals surface area contributed by atoms with Crippen molar-refractivity contribution in [2.24, 2.45) is 5.92 Å². The first-order valence-electron chi connectivity index (χ1n) is 6.93. The third-order valence-electron chi connectivity index (χ3n) is 3.58. The molecule has 0 bridgehead atoms. The number of nitrogens with zero attached hydrogens (tertiary/aromatic N) is 1. The first-order chi connectivity index (χ1) is 8.83. The number of ether oxygens (including phenoxy) is 1. The molecule has 1 atom stereocenters. The van der Waals surface area contributed by atoms with Gasteiger partial charge in [-0.15, -0.1) is 0 Å². The summed E-state index contributed by atoms with van der Waals surface area (Å²) in [4.78, 5) is 4.25. The molecule has 3 heteroatoms. The van der Waals surface area contributed by atoms with Crippen LogP contribution in [-0.4, -0.2) is 31.8 Å². The van der Waals surface area contributed by atoms with E-state index in [0.29, 0.717) is 11.8 Å². The topological polar surface area (TPSA) is 34.1 Å². The standard InChI is InChI=1S/C15H26N2O/c1-4-13(5-2)15(12-17-9-10-18-3)14-7-6-8-16-11-14/h6-8,11,13,15,17H,4-5,9-10,12H2,1-3H3. The lowest BCUT2D eigenvalue weighted by Gasteiger charge is -2.26. The molecule has 1 heterocycles. The minimum Gasteiger partial charge on any atom is -0.383 e. The van der Waals surface area contributed by atoms with Crippen molar-refractivity contribution in [1.29, 1.82) is 0 Å². The fourth-order valence-corrected chi connectivity index (χ4v) is 2.44. The van der Waals surface area contributed by atoms with E-state index >= 15 is 0 Å². The molecule has 1 aromatic heterocycles. The lowest BCUT2D eigenvalue weighted by molar-refractivity contribution is 0.197. The van der Waals surface area contributed by atoms with Gasteiger partial charge in [0.1, 0.15) is 0 Å². The average molecular weight is 250 g/mol. The summed E-state index contributed by atoms with van der Waals surface area (Å²) in [5, 5.41) is 3.48. The molecule has 1 rings (SSSR count). The molecule has 0 saturated carbocycles. The molecule has 0 aliphatic rings. The Bertz CT molecular complexity index is 299. The van der Waals surface area contributed by atoms with Crippen molar-refractivity contribution >= 4 is 0 Å². The zero-order chi connectivity index (χ0) is 13.2. The van der Waals surface area contributed by atoms with E-state index in [4.69, 9.17) is 4.74 Å². The van der Waals surface area contributed by atoms with Crippen LogP contribution in [0.1, 0.15) is 38.2 Å². The molecule has 1 unspecified atom stereocenters.